The minimum atomic E-state index is -0.905. The number of carbonyl (C=O) groups excluding carboxylic acids is 3. The van der Waals surface area contributed by atoms with Gasteiger partial charge < -0.3 is 24.9 Å². The Morgan fingerprint density at radius 1 is 1.12 bits per heavy atom. The second-order valence-electron chi connectivity index (χ2n) is 9.85. The summed E-state index contributed by atoms with van der Waals surface area (Å²) in [5.74, 6) is -1.00. The highest BCUT2D eigenvalue weighted by molar-refractivity contribution is 9.10. The molecule has 1 aliphatic heterocycles. The lowest BCUT2D eigenvalue weighted by molar-refractivity contribution is -0.141. The van der Waals surface area contributed by atoms with Gasteiger partial charge in [-0.25, -0.2) is 4.79 Å². The summed E-state index contributed by atoms with van der Waals surface area (Å²) in [6.45, 7) is 14.9. The first-order chi connectivity index (χ1) is 15.7. The molecule has 8 nitrogen and oxygen atoms in total. The number of hydrogen-bond acceptors (Lipinski definition) is 6. The first-order valence-corrected chi connectivity index (χ1v) is 12.9. The molecular formula is C24H38BrN3O5S. The van der Waals surface area contributed by atoms with Crippen LogP contribution in [0.1, 0.15) is 61.8 Å². The monoisotopic (exact) mass is 559 g/mol. The van der Waals surface area contributed by atoms with Crippen molar-refractivity contribution >= 4 is 45.9 Å². The molecule has 1 fully saturated rings. The molecule has 1 heterocycles. The van der Waals surface area contributed by atoms with E-state index in [0.29, 0.717) is 0 Å². The lowest BCUT2D eigenvalue weighted by atomic mass is 9.85. The Morgan fingerprint density at radius 3 is 2.15 bits per heavy atom. The van der Waals surface area contributed by atoms with Gasteiger partial charge in [0.15, 0.2) is 0 Å². The van der Waals surface area contributed by atoms with Crippen LogP contribution in [0.25, 0.3) is 0 Å². The second-order valence-corrected chi connectivity index (χ2v) is 11.6. The number of amides is 3. The summed E-state index contributed by atoms with van der Waals surface area (Å²) in [6.07, 6.45) is -0.792. The van der Waals surface area contributed by atoms with Gasteiger partial charge in [-0.3, -0.25) is 9.59 Å². The number of alkyl carbamates (subject to hydrolysis) is 1. The smallest absolute Gasteiger partial charge is 0.408 e. The molecule has 10 heteroatoms. The lowest BCUT2D eigenvalue weighted by Crippen LogP contribution is -2.57. The molecule has 0 aliphatic carbocycles. The highest BCUT2D eigenvalue weighted by Gasteiger charge is 2.45. The van der Waals surface area contributed by atoms with Crippen molar-refractivity contribution in [1.82, 2.24) is 10.2 Å². The van der Waals surface area contributed by atoms with Crippen LogP contribution in [0.5, 0.6) is 0 Å². The van der Waals surface area contributed by atoms with Crippen molar-refractivity contribution in [2.24, 2.45) is 11.1 Å². The molecule has 3 amide bonds. The van der Waals surface area contributed by atoms with Crippen molar-refractivity contribution in [2.45, 2.75) is 90.5 Å². The van der Waals surface area contributed by atoms with Crippen LogP contribution in [0, 0.1) is 5.41 Å². The third-order valence-corrected chi connectivity index (χ3v) is 6.10. The number of nitrogens with zero attached hydrogens (tertiary/aromatic N) is 1. The minimum absolute atomic E-state index is 0.193. The molecule has 1 aromatic carbocycles. The summed E-state index contributed by atoms with van der Waals surface area (Å²) < 4.78 is 12.2. The molecule has 1 saturated heterocycles. The molecule has 0 radical (unpaired) electrons. The Kier molecular flexibility index (Phi) is 11.4. The summed E-state index contributed by atoms with van der Waals surface area (Å²) in [7, 11) is 0. The maximum Gasteiger partial charge on any atom is 0.408 e. The Hall–Kier alpha value is -1.78. The predicted octanol–water partition coefficient (Wildman–Crippen LogP) is 4.89. The zero-order valence-corrected chi connectivity index (χ0v) is 23.7. The molecule has 3 atom stereocenters. The van der Waals surface area contributed by atoms with Gasteiger partial charge >= 0.3 is 6.09 Å². The van der Waals surface area contributed by atoms with Crippen LogP contribution in [0.15, 0.2) is 33.6 Å². The number of primary amides is 1. The largest absolute Gasteiger partial charge is 0.444 e. The Labute approximate surface area is 216 Å². The highest BCUT2D eigenvalue weighted by Crippen LogP contribution is 2.31. The maximum atomic E-state index is 13.4. The SMILES string of the molecule is CC.CC(C)(C)OC(=O)N[C@H](C(=O)N1C[C@H](OSc2ccc(Br)cc2)C[C@H]1C(N)=O)C(C)(C)C. The summed E-state index contributed by atoms with van der Waals surface area (Å²) in [5.41, 5.74) is 4.26. The van der Waals surface area contributed by atoms with Crippen LogP contribution in [-0.2, 0) is 18.5 Å². The van der Waals surface area contributed by atoms with E-state index in [1.54, 1.807) is 20.8 Å². The molecule has 0 aromatic heterocycles. The molecule has 2 rings (SSSR count). The number of halogens is 1. The van der Waals surface area contributed by atoms with Gasteiger partial charge in [-0.15, -0.1) is 0 Å². The van der Waals surface area contributed by atoms with Crippen molar-refractivity contribution in [3.63, 3.8) is 0 Å². The Bertz CT molecular complexity index is 836. The minimum Gasteiger partial charge on any atom is -0.444 e. The van der Waals surface area contributed by atoms with E-state index in [1.165, 1.54) is 16.9 Å². The van der Waals surface area contributed by atoms with Gasteiger partial charge in [-0.1, -0.05) is 50.5 Å². The second kappa shape index (κ2) is 12.8. The molecule has 0 saturated carbocycles. The highest BCUT2D eigenvalue weighted by atomic mass is 79.9. The number of benzene rings is 1. The normalized spacial score (nSPS) is 19.0. The van der Waals surface area contributed by atoms with Gasteiger partial charge in [0, 0.05) is 34.4 Å². The van der Waals surface area contributed by atoms with Crippen molar-refractivity contribution in [3.05, 3.63) is 28.7 Å². The van der Waals surface area contributed by atoms with E-state index in [4.69, 9.17) is 14.7 Å². The van der Waals surface area contributed by atoms with E-state index >= 15 is 0 Å². The van der Waals surface area contributed by atoms with E-state index in [1.807, 2.05) is 58.9 Å². The number of ether oxygens (including phenoxy) is 1. The first-order valence-electron chi connectivity index (χ1n) is 11.4. The average Bonchev–Trinajstić information content (AvgIpc) is 3.15. The van der Waals surface area contributed by atoms with Crippen LogP contribution >= 0.6 is 28.0 Å². The molecule has 3 N–H and O–H groups in total. The Morgan fingerprint density at radius 2 is 1.68 bits per heavy atom. The van der Waals surface area contributed by atoms with Gasteiger partial charge in [0.05, 0.1) is 6.10 Å². The van der Waals surface area contributed by atoms with Crippen LogP contribution in [0.3, 0.4) is 0 Å². The van der Waals surface area contributed by atoms with Crippen LogP contribution < -0.4 is 11.1 Å². The Balaban J connectivity index is 0.00000281. The number of rotatable bonds is 6. The van der Waals surface area contributed by atoms with E-state index in [-0.39, 0.29) is 19.1 Å². The van der Waals surface area contributed by atoms with Gasteiger partial charge in [-0.05, 0) is 50.5 Å². The van der Waals surface area contributed by atoms with E-state index in [2.05, 4.69) is 21.2 Å². The summed E-state index contributed by atoms with van der Waals surface area (Å²) in [6, 6.07) is 5.88. The van der Waals surface area contributed by atoms with Gasteiger partial charge in [0.1, 0.15) is 17.7 Å². The number of carbonyl (C=O) groups is 3. The van der Waals surface area contributed by atoms with E-state index in [9.17, 15) is 14.4 Å². The molecular weight excluding hydrogens is 522 g/mol. The zero-order chi connectivity index (χ0) is 26.3. The van der Waals surface area contributed by atoms with Crippen molar-refractivity contribution < 1.29 is 23.3 Å². The van der Waals surface area contributed by atoms with E-state index < -0.39 is 41.0 Å². The number of nitrogens with two attached hydrogens (primary N) is 1. The summed E-state index contributed by atoms with van der Waals surface area (Å²) >= 11 is 4.57. The molecule has 1 aliphatic rings. The first kappa shape index (κ1) is 30.3. The standard InChI is InChI=1S/C22H32BrN3O5S.C2H6/c1-21(2,3)17(25-20(29)30-22(4,5)6)19(28)26-12-14(11-16(26)18(24)27)31-32-15-9-7-13(23)8-10-15;1-2/h7-10,14,16-17H,11-12H2,1-6H3,(H2,24,27)(H,25,29);1-2H3/t14-,16+,17-;/m1./s1. The molecule has 0 unspecified atom stereocenters. The van der Waals surface area contributed by atoms with Gasteiger partial charge in [0.25, 0.3) is 0 Å². The third-order valence-electron chi connectivity index (χ3n) is 4.74. The molecule has 0 bridgehead atoms. The average molecular weight is 561 g/mol. The van der Waals surface area contributed by atoms with Gasteiger partial charge in [0.2, 0.25) is 11.8 Å². The predicted molar refractivity (Wildman–Crippen MR) is 138 cm³/mol. The van der Waals surface area contributed by atoms with Gasteiger partial charge in [-0.2, -0.15) is 0 Å². The van der Waals surface area contributed by atoms with Crippen LogP contribution in [0.2, 0.25) is 0 Å². The topological polar surface area (TPSA) is 111 Å². The van der Waals surface area contributed by atoms with Crippen molar-refractivity contribution in [2.75, 3.05) is 6.54 Å². The fourth-order valence-electron chi connectivity index (χ4n) is 3.23. The fraction of sp³-hybridized carbons (Fsp3) is 0.625. The lowest BCUT2D eigenvalue weighted by Gasteiger charge is -2.35. The molecule has 34 heavy (non-hydrogen) atoms. The quantitative estimate of drug-likeness (QED) is 0.480. The third kappa shape index (κ3) is 9.46. The summed E-state index contributed by atoms with van der Waals surface area (Å²) in [5, 5.41) is 2.67. The zero-order valence-electron chi connectivity index (χ0n) is 21.3. The maximum absolute atomic E-state index is 13.4. The van der Waals surface area contributed by atoms with E-state index in [0.717, 1.165) is 9.37 Å². The van der Waals surface area contributed by atoms with Crippen molar-refractivity contribution in [1.29, 1.82) is 0 Å². The number of nitrogens with one attached hydrogen (secondary N) is 1. The number of hydrogen-bond donors (Lipinski definition) is 2. The molecule has 192 valence electrons. The van der Waals surface area contributed by atoms with Crippen LogP contribution in [0.4, 0.5) is 4.79 Å². The number of likely N-dealkylation sites (tertiary alicyclic amines) is 1. The van der Waals surface area contributed by atoms with Crippen molar-refractivity contribution in [3.8, 4) is 0 Å². The van der Waals surface area contributed by atoms with Crippen LogP contribution in [-0.4, -0.2) is 53.1 Å². The summed E-state index contributed by atoms with van der Waals surface area (Å²) in [4.78, 5) is 40.2. The molecule has 0 spiro atoms. The fourth-order valence-corrected chi connectivity index (χ4v) is 4.13. The molecule has 1 aromatic rings.